The van der Waals surface area contributed by atoms with E-state index < -0.39 is 17.9 Å². The highest BCUT2D eigenvalue weighted by Crippen LogP contribution is 2.28. The van der Waals surface area contributed by atoms with Crippen molar-refractivity contribution in [3.05, 3.63) is 23.9 Å². The van der Waals surface area contributed by atoms with E-state index in [1.807, 2.05) is 0 Å². The van der Waals surface area contributed by atoms with Crippen LogP contribution in [-0.2, 0) is 0 Å². The highest BCUT2D eigenvalue weighted by atomic mass is 19.3. The molecule has 0 radical (unpaired) electrons. The van der Waals surface area contributed by atoms with Crippen molar-refractivity contribution in [2.24, 2.45) is 5.92 Å². The molecular weight excluding hydrogens is 308 g/mol. The molecule has 1 unspecified atom stereocenters. The van der Waals surface area contributed by atoms with Crippen molar-refractivity contribution in [2.45, 2.75) is 12.3 Å². The van der Waals surface area contributed by atoms with Crippen molar-refractivity contribution in [3.63, 3.8) is 0 Å². The van der Waals surface area contributed by atoms with E-state index in [9.17, 15) is 18.4 Å². The van der Waals surface area contributed by atoms with E-state index in [1.165, 1.54) is 19.2 Å². The molecule has 1 fully saturated rings. The molecule has 1 aliphatic rings. The summed E-state index contributed by atoms with van der Waals surface area (Å²) in [5.41, 5.74) is 0.148. The first-order chi connectivity index (χ1) is 10.9. The molecule has 1 aromatic rings. The predicted molar refractivity (Wildman–Crippen MR) is 80.6 cm³/mol. The van der Waals surface area contributed by atoms with Gasteiger partial charge in [0, 0.05) is 19.5 Å². The van der Waals surface area contributed by atoms with Crippen LogP contribution >= 0.6 is 0 Å². The number of hydrogen-bond donors (Lipinski definition) is 4. The van der Waals surface area contributed by atoms with E-state index in [0.717, 1.165) is 0 Å². The number of carbonyl (C=O) groups excluding carboxylic acids is 2. The number of pyridine rings is 1. The molecule has 126 valence electrons. The SMILES string of the molecule is CNC(=O)c1cccc(NC(=O)NCC2CCNCC2(F)F)n1. The minimum absolute atomic E-state index is 0.129. The summed E-state index contributed by atoms with van der Waals surface area (Å²) in [6, 6.07) is 3.93. The molecular formula is C14H19F2N5O2. The third kappa shape index (κ3) is 4.59. The summed E-state index contributed by atoms with van der Waals surface area (Å²) in [6.07, 6.45) is 0.289. The lowest BCUT2D eigenvalue weighted by atomic mass is 9.94. The molecule has 0 saturated carbocycles. The summed E-state index contributed by atoms with van der Waals surface area (Å²) in [5, 5.41) is 9.90. The number of carbonyl (C=O) groups is 2. The zero-order valence-corrected chi connectivity index (χ0v) is 12.7. The molecule has 2 rings (SSSR count). The van der Waals surface area contributed by atoms with Gasteiger partial charge in [-0.3, -0.25) is 10.1 Å². The number of halogens is 2. The van der Waals surface area contributed by atoms with E-state index in [1.54, 1.807) is 6.07 Å². The lowest BCUT2D eigenvalue weighted by Gasteiger charge is -2.31. The number of anilines is 1. The van der Waals surface area contributed by atoms with Crippen molar-refractivity contribution in [2.75, 3.05) is 32.0 Å². The fourth-order valence-electron chi connectivity index (χ4n) is 2.27. The molecule has 0 aromatic carbocycles. The van der Waals surface area contributed by atoms with Gasteiger partial charge in [0.15, 0.2) is 0 Å². The Balaban J connectivity index is 1.88. The highest BCUT2D eigenvalue weighted by molar-refractivity contribution is 5.93. The predicted octanol–water partition coefficient (Wildman–Crippen LogP) is 0.807. The monoisotopic (exact) mass is 327 g/mol. The number of rotatable bonds is 4. The lowest BCUT2D eigenvalue weighted by molar-refractivity contribution is -0.0709. The van der Waals surface area contributed by atoms with Crippen LogP contribution in [0.4, 0.5) is 19.4 Å². The summed E-state index contributed by atoms with van der Waals surface area (Å²) < 4.78 is 27.3. The fourth-order valence-corrected chi connectivity index (χ4v) is 2.27. The summed E-state index contributed by atoms with van der Waals surface area (Å²) in [5.74, 6) is -3.97. The smallest absolute Gasteiger partial charge is 0.320 e. The molecule has 23 heavy (non-hydrogen) atoms. The average Bonchev–Trinajstić information content (AvgIpc) is 2.53. The third-order valence-corrected chi connectivity index (χ3v) is 3.59. The largest absolute Gasteiger partial charge is 0.354 e. The molecule has 1 aromatic heterocycles. The standard InChI is InChI=1S/C14H19F2N5O2/c1-17-12(22)10-3-2-4-11(20-10)21-13(23)19-7-9-5-6-18-8-14(9,15)16/h2-4,9,18H,5-8H2,1H3,(H,17,22)(H2,19,20,21,23). The van der Waals surface area contributed by atoms with Crippen molar-refractivity contribution < 1.29 is 18.4 Å². The first kappa shape index (κ1) is 17.1. The Morgan fingerprint density at radius 3 is 2.91 bits per heavy atom. The van der Waals surface area contributed by atoms with Crippen molar-refractivity contribution >= 4 is 17.8 Å². The summed E-state index contributed by atoms with van der Waals surface area (Å²) in [4.78, 5) is 27.2. The number of hydrogen-bond acceptors (Lipinski definition) is 4. The van der Waals surface area contributed by atoms with E-state index >= 15 is 0 Å². The average molecular weight is 327 g/mol. The molecule has 1 saturated heterocycles. The molecule has 3 amide bonds. The zero-order valence-electron chi connectivity index (χ0n) is 12.7. The van der Waals surface area contributed by atoms with Crippen LogP contribution in [0.5, 0.6) is 0 Å². The Morgan fingerprint density at radius 2 is 2.22 bits per heavy atom. The second-order valence-corrected chi connectivity index (χ2v) is 5.25. The molecule has 0 aliphatic carbocycles. The van der Waals surface area contributed by atoms with Crippen LogP contribution in [0.25, 0.3) is 0 Å². The minimum atomic E-state index is -2.84. The second kappa shape index (κ2) is 7.32. The summed E-state index contributed by atoms with van der Waals surface area (Å²) in [6.45, 7) is -0.00830. The van der Waals surface area contributed by atoms with Gasteiger partial charge >= 0.3 is 6.03 Å². The topological polar surface area (TPSA) is 95.2 Å². The highest BCUT2D eigenvalue weighted by Gasteiger charge is 2.41. The lowest BCUT2D eigenvalue weighted by Crippen LogP contribution is -2.50. The van der Waals surface area contributed by atoms with E-state index in [0.29, 0.717) is 6.54 Å². The zero-order chi connectivity index (χ0) is 16.9. The van der Waals surface area contributed by atoms with Crippen LogP contribution in [0.2, 0.25) is 0 Å². The van der Waals surface area contributed by atoms with Gasteiger partial charge in [-0.25, -0.2) is 18.6 Å². The number of urea groups is 1. The maximum Gasteiger partial charge on any atom is 0.320 e. The van der Waals surface area contributed by atoms with Gasteiger partial charge in [-0.05, 0) is 25.1 Å². The Kier molecular flexibility index (Phi) is 5.43. The third-order valence-electron chi connectivity index (χ3n) is 3.59. The van der Waals surface area contributed by atoms with Crippen LogP contribution in [0.3, 0.4) is 0 Å². The Bertz CT molecular complexity index is 582. The van der Waals surface area contributed by atoms with Crippen LogP contribution in [0.1, 0.15) is 16.9 Å². The van der Waals surface area contributed by atoms with E-state index in [-0.39, 0.29) is 36.9 Å². The number of nitrogens with one attached hydrogen (secondary N) is 4. The first-order valence-electron chi connectivity index (χ1n) is 7.25. The summed E-state index contributed by atoms with van der Waals surface area (Å²) >= 11 is 0. The van der Waals surface area contributed by atoms with Crippen LogP contribution in [-0.4, -0.2) is 49.5 Å². The van der Waals surface area contributed by atoms with E-state index in [2.05, 4.69) is 26.3 Å². The maximum absolute atomic E-state index is 13.6. The first-order valence-corrected chi connectivity index (χ1v) is 7.25. The molecule has 1 atom stereocenters. The molecule has 0 bridgehead atoms. The van der Waals surface area contributed by atoms with Gasteiger partial charge in [0.05, 0.1) is 6.54 Å². The molecule has 1 aliphatic heterocycles. The van der Waals surface area contributed by atoms with Gasteiger partial charge in [-0.2, -0.15) is 0 Å². The fraction of sp³-hybridized carbons (Fsp3) is 0.500. The van der Waals surface area contributed by atoms with Crippen molar-refractivity contribution in [1.29, 1.82) is 0 Å². The van der Waals surface area contributed by atoms with Gasteiger partial charge in [-0.15, -0.1) is 0 Å². The molecule has 9 heteroatoms. The van der Waals surface area contributed by atoms with Crippen LogP contribution in [0.15, 0.2) is 18.2 Å². The second-order valence-electron chi connectivity index (χ2n) is 5.25. The van der Waals surface area contributed by atoms with Gasteiger partial charge in [-0.1, -0.05) is 6.07 Å². The van der Waals surface area contributed by atoms with Gasteiger partial charge in [0.1, 0.15) is 11.5 Å². The molecule has 0 spiro atoms. The Hall–Kier alpha value is -2.29. The Morgan fingerprint density at radius 1 is 1.43 bits per heavy atom. The van der Waals surface area contributed by atoms with Gasteiger partial charge in [0.2, 0.25) is 0 Å². The van der Waals surface area contributed by atoms with Gasteiger partial charge < -0.3 is 16.0 Å². The molecule has 4 N–H and O–H groups in total. The van der Waals surface area contributed by atoms with Crippen LogP contribution in [0, 0.1) is 5.92 Å². The van der Waals surface area contributed by atoms with Crippen molar-refractivity contribution in [1.82, 2.24) is 20.9 Å². The molecule has 7 nitrogen and oxygen atoms in total. The Labute approximate surface area is 132 Å². The maximum atomic E-state index is 13.6. The number of aromatic nitrogens is 1. The normalized spacial score (nSPS) is 19.7. The van der Waals surface area contributed by atoms with Crippen LogP contribution < -0.4 is 21.3 Å². The number of alkyl halides is 2. The quantitative estimate of drug-likeness (QED) is 0.658. The van der Waals surface area contributed by atoms with Gasteiger partial charge in [0.25, 0.3) is 11.8 Å². The number of piperidine rings is 1. The minimum Gasteiger partial charge on any atom is -0.354 e. The number of nitrogens with zero attached hydrogens (tertiary/aromatic N) is 1. The number of amides is 3. The molecule has 2 heterocycles. The van der Waals surface area contributed by atoms with E-state index in [4.69, 9.17) is 0 Å². The summed E-state index contributed by atoms with van der Waals surface area (Å²) in [7, 11) is 1.47. The van der Waals surface area contributed by atoms with Crippen molar-refractivity contribution in [3.8, 4) is 0 Å².